The molecule has 0 radical (unpaired) electrons. The molecule has 3 nitrogen and oxygen atoms in total. The first-order valence-corrected chi connectivity index (χ1v) is 5.40. The van der Waals surface area contributed by atoms with Crippen LogP contribution in [0.1, 0.15) is 17.9 Å². The number of phenolic OH excluding ortho intramolecular Hbond substituents is 2. The van der Waals surface area contributed by atoms with Crippen molar-refractivity contribution >= 4 is 15.9 Å². The SMILES string of the molecule is Oc1c(Br)ccc(C2CCNC2)c1O. The van der Waals surface area contributed by atoms with E-state index in [1.54, 1.807) is 6.07 Å². The van der Waals surface area contributed by atoms with Crippen molar-refractivity contribution in [1.29, 1.82) is 0 Å². The van der Waals surface area contributed by atoms with Crippen LogP contribution >= 0.6 is 15.9 Å². The summed E-state index contributed by atoms with van der Waals surface area (Å²) in [5.74, 6) is 0.261. The summed E-state index contributed by atoms with van der Waals surface area (Å²) in [6, 6.07) is 3.62. The summed E-state index contributed by atoms with van der Waals surface area (Å²) >= 11 is 3.16. The van der Waals surface area contributed by atoms with Crippen molar-refractivity contribution in [1.82, 2.24) is 5.32 Å². The van der Waals surface area contributed by atoms with Gasteiger partial charge in [0.2, 0.25) is 0 Å². The molecule has 0 bridgehead atoms. The summed E-state index contributed by atoms with van der Waals surface area (Å²) in [6.45, 7) is 1.84. The lowest BCUT2D eigenvalue weighted by Gasteiger charge is -2.12. The molecule has 2 rings (SSSR count). The van der Waals surface area contributed by atoms with Crippen LogP contribution in [0.25, 0.3) is 0 Å². The maximum atomic E-state index is 9.73. The number of aromatic hydroxyl groups is 2. The first-order valence-electron chi connectivity index (χ1n) is 4.61. The molecule has 76 valence electrons. The zero-order valence-electron chi connectivity index (χ0n) is 7.63. The van der Waals surface area contributed by atoms with Crippen molar-refractivity contribution in [3.63, 3.8) is 0 Å². The molecule has 1 aromatic rings. The molecule has 0 aromatic heterocycles. The molecule has 1 aromatic carbocycles. The molecule has 1 aliphatic rings. The Morgan fingerprint density at radius 3 is 2.71 bits per heavy atom. The van der Waals surface area contributed by atoms with Crippen LogP contribution in [0, 0.1) is 0 Å². The van der Waals surface area contributed by atoms with Crippen molar-refractivity contribution in [2.45, 2.75) is 12.3 Å². The van der Waals surface area contributed by atoms with Gasteiger partial charge in [0.25, 0.3) is 0 Å². The third-order valence-electron chi connectivity index (χ3n) is 2.63. The van der Waals surface area contributed by atoms with Crippen molar-refractivity contribution in [2.75, 3.05) is 13.1 Å². The van der Waals surface area contributed by atoms with Crippen LogP contribution in [-0.4, -0.2) is 23.3 Å². The summed E-state index contributed by atoms with van der Waals surface area (Å²) in [5, 5.41) is 22.5. The Morgan fingerprint density at radius 2 is 2.07 bits per heavy atom. The molecule has 1 atom stereocenters. The molecule has 0 spiro atoms. The number of benzene rings is 1. The lowest BCUT2D eigenvalue weighted by atomic mass is 9.97. The highest BCUT2D eigenvalue weighted by molar-refractivity contribution is 9.10. The van der Waals surface area contributed by atoms with Gasteiger partial charge < -0.3 is 15.5 Å². The van der Waals surface area contributed by atoms with Crippen molar-refractivity contribution in [3.8, 4) is 11.5 Å². The fourth-order valence-electron chi connectivity index (χ4n) is 1.82. The van der Waals surface area contributed by atoms with Gasteiger partial charge in [0.15, 0.2) is 11.5 Å². The van der Waals surface area contributed by atoms with Crippen molar-refractivity contribution in [3.05, 3.63) is 22.2 Å². The topological polar surface area (TPSA) is 52.5 Å². The Hall–Kier alpha value is -0.740. The normalized spacial score (nSPS) is 21.4. The van der Waals surface area contributed by atoms with Gasteiger partial charge in [-0.25, -0.2) is 0 Å². The van der Waals surface area contributed by atoms with Crippen molar-refractivity contribution < 1.29 is 10.2 Å². The van der Waals surface area contributed by atoms with Crippen LogP contribution in [0.4, 0.5) is 0 Å². The summed E-state index contributed by atoms with van der Waals surface area (Å²) in [5.41, 5.74) is 0.829. The van der Waals surface area contributed by atoms with Gasteiger partial charge in [-0.1, -0.05) is 6.07 Å². The van der Waals surface area contributed by atoms with Crippen LogP contribution < -0.4 is 5.32 Å². The van der Waals surface area contributed by atoms with E-state index in [0.29, 0.717) is 10.4 Å². The molecular formula is C10H12BrNO2. The largest absolute Gasteiger partial charge is 0.504 e. The van der Waals surface area contributed by atoms with Gasteiger partial charge in [-0.05, 0) is 35.0 Å². The Balaban J connectivity index is 2.38. The summed E-state index contributed by atoms with van der Waals surface area (Å²) < 4.78 is 0.532. The van der Waals surface area contributed by atoms with Crippen LogP contribution in [0.5, 0.6) is 11.5 Å². The number of rotatable bonds is 1. The molecule has 1 fully saturated rings. The van der Waals surface area contributed by atoms with Crippen LogP contribution in [0.3, 0.4) is 0 Å². The molecule has 1 unspecified atom stereocenters. The molecule has 1 aliphatic heterocycles. The van der Waals surface area contributed by atoms with E-state index in [1.807, 2.05) is 6.07 Å². The second-order valence-corrected chi connectivity index (χ2v) is 4.38. The van der Waals surface area contributed by atoms with E-state index in [0.717, 1.165) is 25.1 Å². The van der Waals surface area contributed by atoms with Gasteiger partial charge in [-0.3, -0.25) is 0 Å². The zero-order valence-corrected chi connectivity index (χ0v) is 9.21. The third kappa shape index (κ3) is 1.60. The smallest absolute Gasteiger partial charge is 0.172 e. The number of nitrogens with one attached hydrogen (secondary N) is 1. The number of hydrogen-bond acceptors (Lipinski definition) is 3. The lowest BCUT2D eigenvalue weighted by Crippen LogP contribution is -2.08. The highest BCUT2D eigenvalue weighted by Crippen LogP contribution is 2.40. The Kier molecular flexibility index (Phi) is 2.65. The number of hydrogen-bond donors (Lipinski definition) is 3. The van der Waals surface area contributed by atoms with E-state index in [4.69, 9.17) is 0 Å². The molecule has 0 aliphatic carbocycles. The number of phenols is 2. The monoisotopic (exact) mass is 257 g/mol. The lowest BCUT2D eigenvalue weighted by molar-refractivity contribution is 0.394. The molecule has 4 heteroatoms. The highest BCUT2D eigenvalue weighted by Gasteiger charge is 2.21. The van der Waals surface area contributed by atoms with Gasteiger partial charge in [-0.2, -0.15) is 0 Å². The average Bonchev–Trinajstić information content (AvgIpc) is 2.67. The molecule has 0 amide bonds. The fraction of sp³-hybridized carbons (Fsp3) is 0.400. The predicted octanol–water partition coefficient (Wildman–Crippen LogP) is 1.94. The van der Waals surface area contributed by atoms with E-state index in [-0.39, 0.29) is 11.5 Å². The molecule has 14 heavy (non-hydrogen) atoms. The molecule has 3 N–H and O–H groups in total. The maximum absolute atomic E-state index is 9.73. The minimum absolute atomic E-state index is 0.00748. The molecular weight excluding hydrogens is 246 g/mol. The first kappa shape index (κ1) is 9.80. The second-order valence-electron chi connectivity index (χ2n) is 3.52. The summed E-state index contributed by atoms with van der Waals surface area (Å²) in [4.78, 5) is 0. The molecule has 0 saturated carbocycles. The van der Waals surface area contributed by atoms with Gasteiger partial charge in [0.05, 0.1) is 4.47 Å². The second kappa shape index (κ2) is 3.79. The van der Waals surface area contributed by atoms with Crippen LogP contribution in [0.15, 0.2) is 16.6 Å². The van der Waals surface area contributed by atoms with Crippen LogP contribution in [-0.2, 0) is 0 Å². The average molecular weight is 258 g/mol. The number of halogens is 1. The van der Waals surface area contributed by atoms with E-state index in [2.05, 4.69) is 21.2 Å². The fourth-order valence-corrected chi connectivity index (χ4v) is 2.14. The Labute approximate surface area is 90.9 Å². The van der Waals surface area contributed by atoms with Crippen LogP contribution in [0.2, 0.25) is 0 Å². The Bertz CT molecular complexity index is 348. The molecule has 1 heterocycles. The predicted molar refractivity (Wildman–Crippen MR) is 57.7 cm³/mol. The third-order valence-corrected chi connectivity index (χ3v) is 3.27. The molecule has 1 saturated heterocycles. The van der Waals surface area contributed by atoms with Gasteiger partial charge in [0, 0.05) is 18.0 Å². The summed E-state index contributed by atoms with van der Waals surface area (Å²) in [6.07, 6.45) is 1.01. The maximum Gasteiger partial charge on any atom is 0.172 e. The van der Waals surface area contributed by atoms with E-state index < -0.39 is 0 Å². The minimum atomic E-state index is -0.0607. The van der Waals surface area contributed by atoms with Gasteiger partial charge in [0.1, 0.15) is 0 Å². The Morgan fingerprint density at radius 1 is 1.29 bits per heavy atom. The first-order chi connectivity index (χ1) is 6.70. The zero-order chi connectivity index (χ0) is 10.1. The van der Waals surface area contributed by atoms with Crippen molar-refractivity contribution in [2.24, 2.45) is 0 Å². The van der Waals surface area contributed by atoms with E-state index >= 15 is 0 Å². The van der Waals surface area contributed by atoms with Gasteiger partial charge >= 0.3 is 0 Å². The quantitative estimate of drug-likeness (QED) is 0.675. The minimum Gasteiger partial charge on any atom is -0.504 e. The summed E-state index contributed by atoms with van der Waals surface area (Å²) in [7, 11) is 0. The van der Waals surface area contributed by atoms with E-state index in [1.165, 1.54) is 0 Å². The van der Waals surface area contributed by atoms with E-state index in [9.17, 15) is 10.2 Å². The highest BCUT2D eigenvalue weighted by atomic mass is 79.9. The standard InChI is InChI=1S/C10H12BrNO2/c11-8-2-1-7(9(13)10(8)14)6-3-4-12-5-6/h1-2,6,12-14H,3-5H2. The van der Waals surface area contributed by atoms with Gasteiger partial charge in [-0.15, -0.1) is 0 Å².